The lowest BCUT2D eigenvalue weighted by atomic mass is 10.2. The van der Waals surface area contributed by atoms with Gasteiger partial charge in [0.2, 0.25) is 10.0 Å². The average Bonchev–Trinajstić information content (AvgIpc) is 2.47. The van der Waals surface area contributed by atoms with Crippen LogP contribution in [0.4, 0.5) is 0 Å². The highest BCUT2D eigenvalue weighted by Crippen LogP contribution is 2.26. The Morgan fingerprint density at radius 2 is 1.95 bits per heavy atom. The first-order valence-corrected chi connectivity index (χ1v) is 8.29. The summed E-state index contributed by atoms with van der Waals surface area (Å²) in [6.45, 7) is 2.15. The fraction of sp³-hybridized carbons (Fsp3) is 0.417. The number of piperazine rings is 1. The van der Waals surface area contributed by atoms with E-state index in [9.17, 15) is 13.2 Å². The minimum atomic E-state index is -3.55. The number of nitrogens with zero attached hydrogens (tertiary/aromatic N) is 1. The molecule has 0 aliphatic carbocycles. The summed E-state index contributed by atoms with van der Waals surface area (Å²) in [7, 11) is -2.27. The van der Waals surface area contributed by atoms with Gasteiger partial charge in [-0.2, -0.15) is 4.31 Å². The van der Waals surface area contributed by atoms with Gasteiger partial charge in [0.1, 0.15) is 0 Å². The summed E-state index contributed by atoms with van der Waals surface area (Å²) < 4.78 is 31.4. The second kappa shape index (κ2) is 7.55. The smallest absolute Gasteiger partial charge is 0.337 e. The van der Waals surface area contributed by atoms with Crippen LogP contribution in [-0.2, 0) is 14.8 Å². The summed E-state index contributed by atoms with van der Waals surface area (Å²) in [4.78, 5) is 11.6. The molecule has 1 saturated heterocycles. The molecule has 1 fully saturated rings. The summed E-state index contributed by atoms with van der Waals surface area (Å²) in [6, 6.07) is 4.33. The van der Waals surface area contributed by atoms with Crippen molar-refractivity contribution < 1.29 is 17.9 Å². The predicted molar refractivity (Wildman–Crippen MR) is 84.4 cm³/mol. The third-order valence-electron chi connectivity index (χ3n) is 3.05. The van der Waals surface area contributed by atoms with E-state index in [1.54, 1.807) is 0 Å². The molecule has 1 aliphatic rings. The molecule has 0 bridgehead atoms. The normalized spacial score (nSPS) is 16.1. The molecule has 2 rings (SSSR count). The van der Waals surface area contributed by atoms with Gasteiger partial charge in [0.05, 0.1) is 17.6 Å². The second-order valence-electron chi connectivity index (χ2n) is 4.29. The zero-order valence-electron chi connectivity index (χ0n) is 11.3. The number of sulfonamides is 1. The van der Waals surface area contributed by atoms with Gasteiger partial charge in [0.25, 0.3) is 0 Å². The van der Waals surface area contributed by atoms with Crippen molar-refractivity contribution in [1.29, 1.82) is 0 Å². The van der Waals surface area contributed by atoms with Crippen LogP contribution in [0, 0.1) is 0 Å². The van der Waals surface area contributed by atoms with E-state index < -0.39 is 16.0 Å². The Bertz CT molecular complexity index is 618. The molecule has 0 unspecified atom stereocenters. The largest absolute Gasteiger partial charge is 0.465 e. The van der Waals surface area contributed by atoms with Gasteiger partial charge in [0.15, 0.2) is 0 Å². The van der Waals surface area contributed by atoms with Gasteiger partial charge in [-0.1, -0.05) is 0 Å². The third kappa shape index (κ3) is 3.95. The number of hydrogen-bond donors (Lipinski definition) is 1. The number of benzene rings is 1. The van der Waals surface area contributed by atoms with E-state index in [0.717, 1.165) is 0 Å². The van der Waals surface area contributed by atoms with Crippen molar-refractivity contribution in [1.82, 2.24) is 9.62 Å². The summed E-state index contributed by atoms with van der Waals surface area (Å²) >= 11 is 3.22. The molecule has 0 atom stereocenters. The van der Waals surface area contributed by atoms with Gasteiger partial charge in [-0.15, -0.1) is 12.4 Å². The van der Waals surface area contributed by atoms with Crippen molar-refractivity contribution in [3.63, 3.8) is 0 Å². The van der Waals surface area contributed by atoms with Gasteiger partial charge in [-0.05, 0) is 34.1 Å². The molecule has 1 heterocycles. The lowest BCUT2D eigenvalue weighted by Gasteiger charge is -2.27. The number of nitrogens with one attached hydrogen (secondary N) is 1. The number of carbonyl (C=O) groups excluding carboxylic acids is 1. The first-order valence-electron chi connectivity index (χ1n) is 6.05. The molecule has 9 heteroatoms. The van der Waals surface area contributed by atoms with Crippen LogP contribution >= 0.6 is 28.3 Å². The Labute approximate surface area is 138 Å². The van der Waals surface area contributed by atoms with E-state index in [1.807, 2.05) is 0 Å². The lowest BCUT2D eigenvalue weighted by molar-refractivity contribution is 0.0600. The Morgan fingerprint density at radius 3 is 2.48 bits per heavy atom. The Balaban J connectivity index is 0.00000220. The third-order valence-corrected chi connectivity index (χ3v) is 5.92. The molecular weight excluding hydrogens is 384 g/mol. The Kier molecular flexibility index (Phi) is 6.61. The van der Waals surface area contributed by atoms with Crippen molar-refractivity contribution in [3.05, 3.63) is 28.2 Å². The quantitative estimate of drug-likeness (QED) is 0.774. The number of methoxy groups -OCH3 is 1. The number of ether oxygens (including phenoxy) is 1. The molecule has 1 N–H and O–H groups in total. The number of hydrogen-bond acceptors (Lipinski definition) is 5. The van der Waals surface area contributed by atoms with Crippen LogP contribution in [0.15, 0.2) is 27.6 Å². The van der Waals surface area contributed by atoms with Gasteiger partial charge < -0.3 is 10.1 Å². The van der Waals surface area contributed by atoms with Crippen LogP contribution in [0.5, 0.6) is 0 Å². The Hall–Kier alpha value is -0.670. The fourth-order valence-corrected chi connectivity index (χ4v) is 4.46. The second-order valence-corrected chi connectivity index (χ2v) is 7.05. The lowest BCUT2D eigenvalue weighted by Crippen LogP contribution is -2.46. The van der Waals surface area contributed by atoms with Crippen LogP contribution in [0.25, 0.3) is 0 Å². The maximum absolute atomic E-state index is 12.5. The first kappa shape index (κ1) is 18.4. The summed E-state index contributed by atoms with van der Waals surface area (Å²) in [6.07, 6.45) is 0. The number of esters is 1. The standard InChI is InChI=1S/C12H15BrN2O4S.ClH/c1-19-12(16)9-2-3-11(10(13)8-9)20(17,18)15-6-4-14-5-7-15;/h2-3,8,14H,4-7H2,1H3;1H. The molecule has 1 aromatic carbocycles. The summed E-state index contributed by atoms with van der Waals surface area (Å²) in [5.74, 6) is -0.503. The number of rotatable bonds is 3. The van der Waals surface area contributed by atoms with Gasteiger partial charge in [-0.3, -0.25) is 0 Å². The van der Waals surface area contributed by atoms with Crippen LogP contribution < -0.4 is 5.32 Å². The van der Waals surface area contributed by atoms with E-state index in [1.165, 1.54) is 29.6 Å². The zero-order chi connectivity index (χ0) is 14.8. The SMILES string of the molecule is COC(=O)c1ccc(S(=O)(=O)N2CCNCC2)c(Br)c1.Cl. The fourth-order valence-electron chi connectivity index (χ4n) is 1.98. The molecular formula is C12H16BrClN2O4S. The summed E-state index contributed by atoms with van der Waals surface area (Å²) in [5, 5.41) is 3.11. The van der Waals surface area contributed by atoms with Crippen molar-refractivity contribution >= 4 is 44.3 Å². The average molecular weight is 400 g/mol. The Morgan fingerprint density at radius 1 is 1.33 bits per heavy atom. The molecule has 21 heavy (non-hydrogen) atoms. The molecule has 0 amide bonds. The van der Waals surface area contributed by atoms with E-state index in [0.29, 0.717) is 36.2 Å². The van der Waals surface area contributed by atoms with Gasteiger partial charge in [-0.25, -0.2) is 13.2 Å². The zero-order valence-corrected chi connectivity index (χ0v) is 14.6. The van der Waals surface area contributed by atoms with Crippen LogP contribution in [-0.4, -0.2) is 52.0 Å². The monoisotopic (exact) mass is 398 g/mol. The minimum Gasteiger partial charge on any atom is -0.465 e. The molecule has 0 radical (unpaired) electrons. The van der Waals surface area contributed by atoms with Gasteiger partial charge >= 0.3 is 5.97 Å². The van der Waals surface area contributed by atoms with Crippen molar-refractivity contribution in [3.8, 4) is 0 Å². The van der Waals surface area contributed by atoms with E-state index in [4.69, 9.17) is 0 Å². The van der Waals surface area contributed by atoms with Gasteiger partial charge in [0, 0.05) is 30.7 Å². The van der Waals surface area contributed by atoms with Crippen LogP contribution in [0.2, 0.25) is 0 Å². The molecule has 0 saturated carbocycles. The highest BCUT2D eigenvalue weighted by molar-refractivity contribution is 9.10. The first-order chi connectivity index (χ1) is 9.46. The van der Waals surface area contributed by atoms with Crippen molar-refractivity contribution in [2.24, 2.45) is 0 Å². The molecule has 0 spiro atoms. The van der Waals surface area contributed by atoms with E-state index >= 15 is 0 Å². The van der Waals surface area contributed by atoms with Crippen molar-refractivity contribution in [2.75, 3.05) is 33.3 Å². The number of carbonyl (C=O) groups is 1. The molecule has 0 aromatic heterocycles. The molecule has 6 nitrogen and oxygen atoms in total. The minimum absolute atomic E-state index is 0. The molecule has 1 aliphatic heterocycles. The highest BCUT2D eigenvalue weighted by Gasteiger charge is 2.28. The van der Waals surface area contributed by atoms with E-state index in [2.05, 4.69) is 26.0 Å². The maximum atomic E-state index is 12.5. The summed E-state index contributed by atoms with van der Waals surface area (Å²) in [5.41, 5.74) is 0.304. The predicted octanol–water partition coefficient (Wildman–Crippen LogP) is 1.25. The molecule has 1 aromatic rings. The number of halogens is 2. The van der Waals surface area contributed by atoms with Crippen molar-refractivity contribution in [2.45, 2.75) is 4.90 Å². The molecule has 118 valence electrons. The van der Waals surface area contributed by atoms with Crippen LogP contribution in [0.3, 0.4) is 0 Å². The van der Waals surface area contributed by atoms with Crippen LogP contribution in [0.1, 0.15) is 10.4 Å². The maximum Gasteiger partial charge on any atom is 0.337 e. The highest BCUT2D eigenvalue weighted by atomic mass is 79.9. The topological polar surface area (TPSA) is 75.7 Å². The van der Waals surface area contributed by atoms with E-state index in [-0.39, 0.29) is 17.3 Å².